The molecule has 18 heavy (non-hydrogen) atoms. The third kappa shape index (κ3) is 3.62. The van der Waals surface area contributed by atoms with Crippen molar-refractivity contribution < 1.29 is 4.42 Å². The molecule has 0 aliphatic heterocycles. The van der Waals surface area contributed by atoms with Crippen molar-refractivity contribution in [2.45, 2.75) is 13.1 Å². The summed E-state index contributed by atoms with van der Waals surface area (Å²) < 4.78 is 6.19. The topological polar surface area (TPSA) is 28.4 Å². The second-order valence-corrected chi connectivity index (χ2v) is 5.15. The number of benzene rings is 1. The van der Waals surface area contributed by atoms with Gasteiger partial charge < -0.3 is 14.6 Å². The van der Waals surface area contributed by atoms with Gasteiger partial charge in [0.2, 0.25) is 0 Å². The third-order valence-corrected chi connectivity index (χ3v) is 3.14. The van der Waals surface area contributed by atoms with E-state index in [9.17, 15) is 0 Å². The van der Waals surface area contributed by atoms with Gasteiger partial charge in [0.25, 0.3) is 0 Å². The van der Waals surface area contributed by atoms with Crippen LogP contribution in [-0.4, -0.2) is 14.1 Å². The van der Waals surface area contributed by atoms with E-state index in [1.807, 2.05) is 26.2 Å². The second-order valence-electron chi connectivity index (χ2n) is 4.37. The molecule has 1 aromatic carbocycles. The number of furan rings is 1. The van der Waals surface area contributed by atoms with Crippen molar-refractivity contribution in [1.29, 1.82) is 0 Å². The lowest BCUT2D eigenvalue weighted by Crippen LogP contribution is -2.12. The fraction of sp³-hybridized carbons (Fsp3) is 0.286. The molecule has 0 aliphatic rings. The van der Waals surface area contributed by atoms with Crippen LogP contribution in [0.15, 0.2) is 45.5 Å². The normalized spacial score (nSPS) is 10.6. The minimum absolute atomic E-state index is 0.737. The molecule has 96 valence electrons. The van der Waals surface area contributed by atoms with Crippen LogP contribution >= 0.6 is 15.9 Å². The Kier molecular flexibility index (Phi) is 4.44. The van der Waals surface area contributed by atoms with E-state index >= 15 is 0 Å². The monoisotopic (exact) mass is 308 g/mol. The smallest absolute Gasteiger partial charge is 0.169 e. The van der Waals surface area contributed by atoms with Gasteiger partial charge in [-0.1, -0.05) is 12.1 Å². The lowest BCUT2D eigenvalue weighted by atomic mass is 10.2. The summed E-state index contributed by atoms with van der Waals surface area (Å²) in [5.41, 5.74) is 2.49. The van der Waals surface area contributed by atoms with Gasteiger partial charge in [0.15, 0.2) is 4.67 Å². The van der Waals surface area contributed by atoms with E-state index in [0.717, 1.165) is 23.5 Å². The van der Waals surface area contributed by atoms with Gasteiger partial charge in [-0.15, -0.1) is 0 Å². The Morgan fingerprint density at radius 3 is 2.33 bits per heavy atom. The molecule has 1 aromatic heterocycles. The van der Waals surface area contributed by atoms with Gasteiger partial charge in [0.05, 0.1) is 6.54 Å². The zero-order chi connectivity index (χ0) is 13.0. The Balaban J connectivity index is 1.83. The molecular formula is C14H17BrN2O. The van der Waals surface area contributed by atoms with Crippen LogP contribution in [0, 0.1) is 0 Å². The van der Waals surface area contributed by atoms with Gasteiger partial charge in [-0.25, -0.2) is 0 Å². The molecule has 0 fully saturated rings. The lowest BCUT2D eigenvalue weighted by Gasteiger charge is -2.12. The number of nitrogens with one attached hydrogen (secondary N) is 1. The van der Waals surface area contributed by atoms with Gasteiger partial charge in [-0.2, -0.15) is 0 Å². The van der Waals surface area contributed by atoms with E-state index in [2.05, 4.69) is 50.4 Å². The SMILES string of the molecule is CN(C)c1ccc(CNCc2ccc(Br)o2)cc1. The highest BCUT2D eigenvalue weighted by atomic mass is 79.9. The summed E-state index contributed by atoms with van der Waals surface area (Å²) in [6, 6.07) is 12.4. The van der Waals surface area contributed by atoms with Crippen molar-refractivity contribution in [2.75, 3.05) is 19.0 Å². The maximum atomic E-state index is 5.42. The highest BCUT2D eigenvalue weighted by Gasteiger charge is 2.00. The average molecular weight is 309 g/mol. The van der Waals surface area contributed by atoms with E-state index in [1.54, 1.807) is 0 Å². The van der Waals surface area contributed by atoms with Crippen molar-refractivity contribution in [3.8, 4) is 0 Å². The van der Waals surface area contributed by atoms with Crippen LogP contribution in [0.2, 0.25) is 0 Å². The summed E-state index contributed by atoms with van der Waals surface area (Å²) in [5, 5.41) is 3.35. The molecule has 2 rings (SSSR count). The van der Waals surface area contributed by atoms with Crippen LogP contribution in [0.1, 0.15) is 11.3 Å². The molecule has 4 heteroatoms. The van der Waals surface area contributed by atoms with Crippen molar-refractivity contribution in [2.24, 2.45) is 0 Å². The molecule has 0 atom stereocenters. The second kappa shape index (κ2) is 6.07. The number of rotatable bonds is 5. The largest absolute Gasteiger partial charge is 0.453 e. The van der Waals surface area contributed by atoms with Crippen LogP contribution in [-0.2, 0) is 13.1 Å². The summed E-state index contributed by atoms with van der Waals surface area (Å²) in [6.07, 6.45) is 0. The van der Waals surface area contributed by atoms with Gasteiger partial charge in [0.1, 0.15) is 5.76 Å². The van der Waals surface area contributed by atoms with Crippen LogP contribution in [0.25, 0.3) is 0 Å². The van der Waals surface area contributed by atoms with E-state index in [0.29, 0.717) is 0 Å². The average Bonchev–Trinajstić information content (AvgIpc) is 2.76. The summed E-state index contributed by atoms with van der Waals surface area (Å²) in [6.45, 7) is 1.58. The molecule has 0 saturated heterocycles. The van der Waals surface area contributed by atoms with Crippen LogP contribution in [0.3, 0.4) is 0 Å². The third-order valence-electron chi connectivity index (χ3n) is 2.71. The van der Waals surface area contributed by atoms with E-state index in [1.165, 1.54) is 11.3 Å². The summed E-state index contributed by atoms with van der Waals surface area (Å²) >= 11 is 3.29. The highest BCUT2D eigenvalue weighted by Crippen LogP contribution is 2.14. The molecule has 2 aromatic rings. The number of anilines is 1. The summed E-state index contributed by atoms with van der Waals surface area (Å²) in [7, 11) is 4.09. The molecule has 0 unspecified atom stereocenters. The zero-order valence-corrected chi connectivity index (χ0v) is 12.2. The predicted octanol–water partition coefficient (Wildman–Crippen LogP) is 3.40. The molecule has 0 spiro atoms. The van der Waals surface area contributed by atoms with E-state index in [4.69, 9.17) is 4.42 Å². The maximum absolute atomic E-state index is 5.42. The molecule has 0 bridgehead atoms. The first-order valence-electron chi connectivity index (χ1n) is 5.86. The highest BCUT2D eigenvalue weighted by molar-refractivity contribution is 9.10. The first kappa shape index (κ1) is 13.2. The van der Waals surface area contributed by atoms with Crippen molar-refractivity contribution in [3.05, 3.63) is 52.4 Å². The lowest BCUT2D eigenvalue weighted by molar-refractivity contribution is 0.465. The molecule has 0 amide bonds. The van der Waals surface area contributed by atoms with Gasteiger partial charge in [0, 0.05) is 26.3 Å². The van der Waals surface area contributed by atoms with Crippen LogP contribution in [0.5, 0.6) is 0 Å². The standard InChI is InChI=1S/C14H17BrN2O/c1-17(2)12-5-3-11(4-6-12)9-16-10-13-7-8-14(15)18-13/h3-8,16H,9-10H2,1-2H3. The zero-order valence-electron chi connectivity index (χ0n) is 10.6. The van der Waals surface area contributed by atoms with E-state index in [-0.39, 0.29) is 0 Å². The summed E-state index contributed by atoms with van der Waals surface area (Å²) in [5.74, 6) is 0.937. The molecule has 1 heterocycles. The fourth-order valence-corrected chi connectivity index (χ4v) is 2.03. The van der Waals surface area contributed by atoms with E-state index < -0.39 is 0 Å². The number of hydrogen-bond donors (Lipinski definition) is 1. The van der Waals surface area contributed by atoms with Crippen molar-refractivity contribution >= 4 is 21.6 Å². The van der Waals surface area contributed by atoms with Crippen molar-refractivity contribution in [3.63, 3.8) is 0 Å². The van der Waals surface area contributed by atoms with Gasteiger partial charge >= 0.3 is 0 Å². The molecule has 0 saturated carbocycles. The molecule has 3 nitrogen and oxygen atoms in total. The predicted molar refractivity (Wildman–Crippen MR) is 77.7 cm³/mol. The molecule has 1 N–H and O–H groups in total. The quantitative estimate of drug-likeness (QED) is 0.917. The molecular weight excluding hydrogens is 292 g/mol. The number of hydrogen-bond acceptors (Lipinski definition) is 3. The van der Waals surface area contributed by atoms with Crippen LogP contribution in [0.4, 0.5) is 5.69 Å². The first-order valence-corrected chi connectivity index (χ1v) is 6.65. The summed E-state index contributed by atoms with van der Waals surface area (Å²) in [4.78, 5) is 2.09. The van der Waals surface area contributed by atoms with Gasteiger partial charge in [-0.05, 0) is 45.8 Å². The Morgan fingerprint density at radius 2 is 1.78 bits per heavy atom. The van der Waals surface area contributed by atoms with Crippen molar-refractivity contribution in [1.82, 2.24) is 5.32 Å². The Bertz CT molecular complexity index is 491. The maximum Gasteiger partial charge on any atom is 0.169 e. The minimum atomic E-state index is 0.737. The van der Waals surface area contributed by atoms with Crippen LogP contribution < -0.4 is 10.2 Å². The first-order chi connectivity index (χ1) is 8.65. The Labute approximate surface area is 116 Å². The number of halogens is 1. The Hall–Kier alpha value is -1.26. The minimum Gasteiger partial charge on any atom is -0.453 e. The Morgan fingerprint density at radius 1 is 1.06 bits per heavy atom. The molecule has 0 radical (unpaired) electrons. The molecule has 0 aliphatic carbocycles. The fourth-order valence-electron chi connectivity index (χ4n) is 1.69. The number of nitrogens with zero attached hydrogens (tertiary/aromatic N) is 1. The van der Waals surface area contributed by atoms with Gasteiger partial charge in [-0.3, -0.25) is 0 Å².